The van der Waals surface area contributed by atoms with E-state index in [9.17, 15) is 18.8 Å². The van der Waals surface area contributed by atoms with Crippen LogP contribution in [0.2, 0.25) is 0 Å². The van der Waals surface area contributed by atoms with Crippen LogP contribution in [-0.4, -0.2) is 84.7 Å². The lowest BCUT2D eigenvalue weighted by atomic mass is 10.0. The number of benzene rings is 1. The van der Waals surface area contributed by atoms with E-state index in [0.29, 0.717) is 65.6 Å². The van der Waals surface area contributed by atoms with Crippen molar-refractivity contribution in [2.75, 3.05) is 51.3 Å². The Hall–Kier alpha value is -3.54. The van der Waals surface area contributed by atoms with E-state index in [1.54, 1.807) is 19.9 Å². The van der Waals surface area contributed by atoms with E-state index >= 15 is 0 Å². The number of nitrogens with zero attached hydrogens (tertiary/aromatic N) is 2. The largest absolute Gasteiger partial charge is 0.379 e. The van der Waals surface area contributed by atoms with Gasteiger partial charge in [0.1, 0.15) is 18.5 Å². The number of aromatic nitrogens is 1. The summed E-state index contributed by atoms with van der Waals surface area (Å²) in [5.41, 5.74) is 3.44. The zero-order valence-corrected chi connectivity index (χ0v) is 20.2. The monoisotopic (exact) mass is 497 g/mol. The second kappa shape index (κ2) is 9.84. The summed E-state index contributed by atoms with van der Waals surface area (Å²) in [6.07, 6.45) is 1.61. The van der Waals surface area contributed by atoms with Crippen molar-refractivity contribution in [2.45, 2.75) is 19.9 Å². The SMILES string of the molecule is Cc1[nH]c(C=C2C(=O)Nc3ccc(F)cc32)c(C)c1C(=O)N[C@@H]1CON(CCN2CCOCC2)C1=O. The van der Waals surface area contributed by atoms with Gasteiger partial charge < -0.3 is 20.4 Å². The van der Waals surface area contributed by atoms with Gasteiger partial charge in [0.25, 0.3) is 17.7 Å². The van der Waals surface area contributed by atoms with Gasteiger partial charge in [0.15, 0.2) is 0 Å². The fourth-order valence-corrected chi connectivity index (χ4v) is 4.75. The lowest BCUT2D eigenvalue weighted by molar-refractivity contribution is -0.163. The molecule has 190 valence electrons. The first-order valence-electron chi connectivity index (χ1n) is 11.9. The van der Waals surface area contributed by atoms with Gasteiger partial charge in [0, 0.05) is 42.3 Å². The fraction of sp³-hybridized carbons (Fsp3) is 0.400. The molecule has 1 atom stereocenters. The van der Waals surface area contributed by atoms with Gasteiger partial charge in [-0.25, -0.2) is 9.45 Å². The minimum Gasteiger partial charge on any atom is -0.379 e. The van der Waals surface area contributed by atoms with Crippen molar-refractivity contribution in [1.29, 1.82) is 0 Å². The van der Waals surface area contributed by atoms with Crippen LogP contribution in [0.15, 0.2) is 18.2 Å². The van der Waals surface area contributed by atoms with Crippen LogP contribution in [0.4, 0.5) is 10.1 Å². The minimum absolute atomic E-state index is 0.0651. The predicted octanol–water partition coefficient (Wildman–Crippen LogP) is 1.47. The highest BCUT2D eigenvalue weighted by atomic mass is 19.1. The van der Waals surface area contributed by atoms with E-state index in [0.717, 1.165) is 13.1 Å². The van der Waals surface area contributed by atoms with Crippen molar-refractivity contribution >= 4 is 35.1 Å². The van der Waals surface area contributed by atoms with Gasteiger partial charge in [-0.1, -0.05) is 0 Å². The van der Waals surface area contributed by atoms with Gasteiger partial charge in [0.2, 0.25) is 0 Å². The summed E-state index contributed by atoms with van der Waals surface area (Å²) >= 11 is 0. The van der Waals surface area contributed by atoms with Crippen molar-refractivity contribution in [3.8, 4) is 0 Å². The molecule has 0 spiro atoms. The van der Waals surface area contributed by atoms with Crippen LogP contribution in [0, 0.1) is 19.7 Å². The average molecular weight is 498 g/mol. The van der Waals surface area contributed by atoms with E-state index in [1.165, 1.54) is 23.3 Å². The summed E-state index contributed by atoms with van der Waals surface area (Å²) in [6, 6.07) is 3.31. The van der Waals surface area contributed by atoms with Gasteiger partial charge in [-0.2, -0.15) is 0 Å². The van der Waals surface area contributed by atoms with Crippen molar-refractivity contribution in [3.63, 3.8) is 0 Å². The first-order valence-corrected chi connectivity index (χ1v) is 11.9. The molecule has 0 bridgehead atoms. The topological polar surface area (TPSA) is 116 Å². The standard InChI is InChI=1S/C25H28FN5O5/c1-14-20(12-18-17-11-16(26)3-4-19(17)28-23(18)32)27-15(2)22(14)24(33)29-21-13-36-31(25(21)34)6-5-30-7-9-35-10-8-30/h3-4,11-12,21,27H,5-10,13H2,1-2H3,(H,28,32)(H,29,33)/t21-/m1/s1. The predicted molar refractivity (Wildman–Crippen MR) is 129 cm³/mol. The van der Waals surface area contributed by atoms with Crippen LogP contribution >= 0.6 is 0 Å². The number of H-pyrrole nitrogens is 1. The highest BCUT2D eigenvalue weighted by Gasteiger charge is 2.35. The molecule has 3 amide bonds. The van der Waals surface area contributed by atoms with Crippen LogP contribution in [-0.2, 0) is 19.2 Å². The lowest BCUT2D eigenvalue weighted by Crippen LogP contribution is -2.45. The molecule has 4 heterocycles. The molecule has 11 heteroatoms. The number of hydrogen-bond donors (Lipinski definition) is 3. The highest BCUT2D eigenvalue weighted by Crippen LogP contribution is 2.34. The van der Waals surface area contributed by atoms with Crippen LogP contribution < -0.4 is 10.6 Å². The van der Waals surface area contributed by atoms with E-state index in [1.807, 2.05) is 0 Å². The molecule has 0 unspecified atom stereocenters. The van der Waals surface area contributed by atoms with Crippen molar-refractivity contribution in [2.24, 2.45) is 0 Å². The Labute approximate surface area is 207 Å². The molecule has 3 N–H and O–H groups in total. The van der Waals surface area contributed by atoms with Gasteiger partial charge in [-0.05, 0) is 43.7 Å². The second-order valence-electron chi connectivity index (χ2n) is 9.08. The van der Waals surface area contributed by atoms with Crippen LogP contribution in [0.25, 0.3) is 11.6 Å². The molecule has 2 fully saturated rings. The van der Waals surface area contributed by atoms with Crippen LogP contribution in [0.3, 0.4) is 0 Å². The number of fused-ring (bicyclic) bond motifs is 1. The molecule has 36 heavy (non-hydrogen) atoms. The van der Waals surface area contributed by atoms with Crippen molar-refractivity contribution < 1.29 is 28.3 Å². The molecular weight excluding hydrogens is 469 g/mol. The van der Waals surface area contributed by atoms with E-state index in [-0.39, 0.29) is 18.4 Å². The molecule has 2 saturated heterocycles. The molecule has 0 saturated carbocycles. The number of ether oxygens (including phenoxy) is 1. The molecule has 5 rings (SSSR count). The third-order valence-electron chi connectivity index (χ3n) is 6.73. The molecule has 1 aromatic heterocycles. The molecule has 3 aliphatic rings. The Morgan fingerprint density at radius 3 is 2.78 bits per heavy atom. The maximum Gasteiger partial charge on any atom is 0.271 e. The number of morpholine rings is 1. The number of carbonyl (C=O) groups is 3. The van der Waals surface area contributed by atoms with Crippen molar-refractivity contribution in [1.82, 2.24) is 20.3 Å². The Morgan fingerprint density at radius 1 is 1.22 bits per heavy atom. The van der Waals surface area contributed by atoms with E-state index < -0.39 is 17.8 Å². The maximum atomic E-state index is 13.8. The van der Waals surface area contributed by atoms with Crippen LogP contribution in [0.1, 0.15) is 32.9 Å². The number of halogens is 1. The summed E-state index contributed by atoms with van der Waals surface area (Å²) in [5.74, 6) is -1.49. The number of anilines is 1. The summed E-state index contributed by atoms with van der Waals surface area (Å²) in [6.45, 7) is 7.63. The highest BCUT2D eigenvalue weighted by molar-refractivity contribution is 6.34. The average Bonchev–Trinajstić information content (AvgIpc) is 3.46. The zero-order chi connectivity index (χ0) is 25.4. The first kappa shape index (κ1) is 24.2. The Morgan fingerprint density at radius 2 is 2.00 bits per heavy atom. The van der Waals surface area contributed by atoms with Crippen LogP contribution in [0.5, 0.6) is 0 Å². The molecule has 3 aliphatic heterocycles. The van der Waals surface area contributed by atoms with Gasteiger partial charge >= 0.3 is 0 Å². The summed E-state index contributed by atoms with van der Waals surface area (Å²) in [5, 5.41) is 6.80. The smallest absolute Gasteiger partial charge is 0.271 e. The molecule has 1 aromatic carbocycles. The van der Waals surface area contributed by atoms with E-state index in [2.05, 4.69) is 20.5 Å². The normalized spacial score (nSPS) is 21.2. The minimum atomic E-state index is -0.784. The van der Waals surface area contributed by atoms with Crippen molar-refractivity contribution in [3.05, 3.63) is 52.1 Å². The van der Waals surface area contributed by atoms with Gasteiger partial charge in [0.05, 0.1) is 30.9 Å². The summed E-state index contributed by atoms with van der Waals surface area (Å²) < 4.78 is 19.1. The summed E-state index contributed by atoms with van der Waals surface area (Å²) in [4.78, 5) is 49.3. The first-order chi connectivity index (χ1) is 17.3. The fourth-order valence-electron chi connectivity index (χ4n) is 4.75. The Balaban J connectivity index is 1.27. The number of hydrogen-bond acceptors (Lipinski definition) is 6. The van der Waals surface area contributed by atoms with Gasteiger partial charge in [-0.3, -0.25) is 24.1 Å². The molecule has 2 aromatic rings. The molecule has 10 nitrogen and oxygen atoms in total. The number of nitrogens with one attached hydrogen (secondary N) is 3. The maximum absolute atomic E-state index is 13.8. The number of aryl methyl sites for hydroxylation is 1. The third-order valence-corrected chi connectivity index (χ3v) is 6.73. The molecular formula is C25H28FN5O5. The Bertz CT molecular complexity index is 1250. The number of carbonyl (C=O) groups excluding carboxylic acids is 3. The summed E-state index contributed by atoms with van der Waals surface area (Å²) in [7, 11) is 0. The van der Waals surface area contributed by atoms with Gasteiger partial charge in [-0.15, -0.1) is 0 Å². The number of amides is 3. The number of rotatable bonds is 6. The Kier molecular flexibility index (Phi) is 6.61. The lowest BCUT2D eigenvalue weighted by Gasteiger charge is -2.27. The third kappa shape index (κ3) is 4.64. The molecule has 0 aliphatic carbocycles. The zero-order valence-electron chi connectivity index (χ0n) is 20.2. The van der Waals surface area contributed by atoms with E-state index in [4.69, 9.17) is 9.57 Å². The molecule has 0 radical (unpaired) electrons. The number of aromatic amines is 1. The quantitative estimate of drug-likeness (QED) is 0.521. The number of hydroxylamine groups is 2. The second-order valence-corrected chi connectivity index (χ2v) is 9.08.